The fourth-order valence-electron chi connectivity index (χ4n) is 5.73. The number of aliphatic imine (C=N–C) groups is 1. The Morgan fingerprint density at radius 3 is 2.36 bits per heavy atom. The van der Waals surface area contributed by atoms with E-state index in [-0.39, 0.29) is 11.1 Å². The number of para-hydroxylation sites is 1. The largest absolute Gasteiger partial charge is 0.458 e. The van der Waals surface area contributed by atoms with Crippen molar-refractivity contribution >= 4 is 22.5 Å². The number of fused-ring (bicyclic) bond motifs is 1. The van der Waals surface area contributed by atoms with Crippen molar-refractivity contribution < 1.29 is 4.74 Å². The van der Waals surface area contributed by atoms with Gasteiger partial charge >= 0.3 is 0 Å². The third-order valence-electron chi connectivity index (χ3n) is 7.02. The summed E-state index contributed by atoms with van der Waals surface area (Å²) in [5.41, 5.74) is 4.73. The summed E-state index contributed by atoms with van der Waals surface area (Å²) in [6.07, 6.45) is 2.02. The van der Waals surface area contributed by atoms with Crippen molar-refractivity contribution in [2.75, 3.05) is 4.90 Å². The lowest BCUT2D eigenvalue weighted by atomic mass is 9.84. The molecular formula is C29H30N2OS. The van der Waals surface area contributed by atoms with Gasteiger partial charge in [-0.05, 0) is 81.6 Å². The van der Waals surface area contributed by atoms with Crippen molar-refractivity contribution in [3.05, 3.63) is 95.6 Å². The van der Waals surface area contributed by atoms with Gasteiger partial charge in [-0.2, -0.15) is 0 Å². The molecular weight excluding hydrogens is 424 g/mol. The minimum atomic E-state index is -0.510. The predicted molar refractivity (Wildman–Crippen MR) is 138 cm³/mol. The Morgan fingerprint density at radius 2 is 1.64 bits per heavy atom. The molecule has 4 bridgehead atoms. The number of anilines is 1. The molecule has 2 fully saturated rings. The summed E-state index contributed by atoms with van der Waals surface area (Å²) in [5, 5.41) is 0.657. The number of ether oxygens (including phenoxy) is 1. The molecule has 0 spiro atoms. The normalized spacial score (nSPS) is 28.8. The van der Waals surface area contributed by atoms with Crippen molar-refractivity contribution in [2.24, 2.45) is 10.9 Å². The molecule has 3 aromatic rings. The number of hydrogen-bond donors (Lipinski definition) is 0. The smallest absolute Gasteiger partial charge is 0.241 e. The molecule has 0 unspecified atom stereocenters. The standard InChI is InChI=1S/C29H30N2OS/c1-20-14-16-24(17-15-20)32-29-23-18-21-10-8-9-13-25(21)31(29)28(19-23,22-11-6-5-7-12-22)26(33-29)30-27(2,3)4/h5-17,23H,18-19H2,1-4H3/t23-,28-,29+/m0/s1. The van der Waals surface area contributed by atoms with E-state index < -0.39 is 5.06 Å². The molecule has 3 aromatic carbocycles. The minimum absolute atomic E-state index is 0.172. The molecule has 6 rings (SSSR count). The maximum Gasteiger partial charge on any atom is 0.241 e. The second-order valence-corrected chi connectivity index (χ2v) is 11.7. The lowest BCUT2D eigenvalue weighted by molar-refractivity contribution is 0.120. The van der Waals surface area contributed by atoms with Gasteiger partial charge in [0.25, 0.3) is 0 Å². The van der Waals surface area contributed by atoms with Crippen molar-refractivity contribution in [1.29, 1.82) is 0 Å². The molecule has 3 heterocycles. The highest BCUT2D eigenvalue weighted by molar-refractivity contribution is 8.15. The van der Waals surface area contributed by atoms with Crippen LogP contribution in [0.4, 0.5) is 5.69 Å². The molecule has 0 radical (unpaired) electrons. The topological polar surface area (TPSA) is 24.8 Å². The molecule has 3 aliphatic rings. The number of hydrogen-bond acceptors (Lipinski definition) is 4. The second kappa shape index (κ2) is 7.14. The third kappa shape index (κ3) is 3.07. The molecule has 33 heavy (non-hydrogen) atoms. The van der Waals surface area contributed by atoms with E-state index in [0.29, 0.717) is 5.92 Å². The maximum absolute atomic E-state index is 7.03. The first-order valence-corrected chi connectivity index (χ1v) is 12.6. The zero-order valence-corrected chi connectivity index (χ0v) is 20.5. The summed E-state index contributed by atoms with van der Waals surface area (Å²) in [4.78, 5) is 7.91. The van der Waals surface area contributed by atoms with Gasteiger partial charge in [-0.3, -0.25) is 4.99 Å². The van der Waals surface area contributed by atoms with E-state index in [4.69, 9.17) is 9.73 Å². The van der Waals surface area contributed by atoms with E-state index in [9.17, 15) is 0 Å². The van der Waals surface area contributed by atoms with Gasteiger partial charge in [0.1, 0.15) is 16.3 Å². The van der Waals surface area contributed by atoms with Crippen LogP contribution in [0.25, 0.3) is 0 Å². The molecule has 0 amide bonds. The Bertz CT molecular complexity index is 1230. The summed E-state index contributed by atoms with van der Waals surface area (Å²) >= 11 is 1.84. The number of thioether (sulfide) groups is 1. The number of benzene rings is 3. The fraction of sp³-hybridized carbons (Fsp3) is 0.345. The summed E-state index contributed by atoms with van der Waals surface area (Å²) in [6, 6.07) is 28.3. The van der Waals surface area contributed by atoms with Gasteiger partial charge in [-0.1, -0.05) is 66.2 Å². The van der Waals surface area contributed by atoms with Gasteiger partial charge in [0.2, 0.25) is 5.06 Å². The predicted octanol–water partition coefficient (Wildman–Crippen LogP) is 6.95. The summed E-state index contributed by atoms with van der Waals surface area (Å²) in [6.45, 7) is 8.68. The lowest BCUT2D eigenvalue weighted by Crippen LogP contribution is -2.53. The van der Waals surface area contributed by atoms with Crippen LogP contribution < -0.4 is 9.64 Å². The average molecular weight is 455 g/mol. The highest BCUT2D eigenvalue weighted by Crippen LogP contribution is 2.69. The Balaban J connectivity index is 1.61. The zero-order chi connectivity index (χ0) is 22.8. The van der Waals surface area contributed by atoms with Crippen LogP contribution in [0.3, 0.4) is 0 Å². The van der Waals surface area contributed by atoms with Gasteiger partial charge in [-0.15, -0.1) is 0 Å². The summed E-state index contributed by atoms with van der Waals surface area (Å²) in [7, 11) is 0. The van der Waals surface area contributed by atoms with E-state index in [1.807, 2.05) is 11.8 Å². The van der Waals surface area contributed by atoms with Crippen LogP contribution in [-0.4, -0.2) is 15.6 Å². The van der Waals surface area contributed by atoms with Gasteiger partial charge in [-0.25, -0.2) is 0 Å². The van der Waals surface area contributed by atoms with Gasteiger partial charge in [0, 0.05) is 11.6 Å². The first-order chi connectivity index (χ1) is 15.8. The molecule has 0 aromatic heterocycles. The molecule has 0 saturated carbocycles. The Kier molecular flexibility index (Phi) is 4.51. The van der Waals surface area contributed by atoms with Crippen LogP contribution in [0.2, 0.25) is 0 Å². The van der Waals surface area contributed by atoms with E-state index >= 15 is 0 Å². The molecule has 0 aliphatic carbocycles. The highest BCUT2D eigenvalue weighted by atomic mass is 32.2. The lowest BCUT2D eigenvalue weighted by Gasteiger charge is -2.44. The van der Waals surface area contributed by atoms with Crippen LogP contribution in [0.5, 0.6) is 5.75 Å². The first kappa shape index (κ1) is 20.9. The highest BCUT2D eigenvalue weighted by Gasteiger charge is 2.74. The zero-order valence-electron chi connectivity index (χ0n) is 19.7. The Labute approximate surface area is 200 Å². The number of nitrogens with zero attached hydrogens (tertiary/aromatic N) is 2. The average Bonchev–Trinajstić information content (AvgIpc) is 3.13. The van der Waals surface area contributed by atoms with Crippen molar-refractivity contribution in [3.8, 4) is 5.75 Å². The second-order valence-electron chi connectivity index (χ2n) is 10.5. The van der Waals surface area contributed by atoms with E-state index in [0.717, 1.165) is 18.6 Å². The van der Waals surface area contributed by atoms with Crippen LogP contribution >= 0.6 is 11.8 Å². The van der Waals surface area contributed by atoms with Crippen molar-refractivity contribution in [3.63, 3.8) is 0 Å². The van der Waals surface area contributed by atoms with Crippen LogP contribution in [0.15, 0.2) is 83.9 Å². The first-order valence-electron chi connectivity index (χ1n) is 11.8. The monoisotopic (exact) mass is 454 g/mol. The number of rotatable bonds is 3. The SMILES string of the molecule is Cc1ccc(O[C@@]23SC(=NC(C)(C)C)[C@@]4(c5ccccc5)C[C@@H]2Cc2ccccc2N43)cc1. The van der Waals surface area contributed by atoms with Crippen LogP contribution in [0, 0.1) is 12.8 Å². The molecule has 3 atom stereocenters. The fourth-order valence-corrected chi connectivity index (χ4v) is 7.61. The molecule has 2 saturated heterocycles. The Hall–Kier alpha value is -2.72. The van der Waals surface area contributed by atoms with Crippen molar-refractivity contribution in [2.45, 2.75) is 56.7 Å². The third-order valence-corrected chi connectivity index (χ3v) is 8.53. The Morgan fingerprint density at radius 1 is 0.939 bits per heavy atom. The van der Waals surface area contributed by atoms with E-state index in [2.05, 4.69) is 111 Å². The van der Waals surface area contributed by atoms with E-state index in [1.165, 1.54) is 27.4 Å². The van der Waals surface area contributed by atoms with Crippen molar-refractivity contribution in [1.82, 2.24) is 0 Å². The molecule has 3 aliphatic heterocycles. The van der Waals surface area contributed by atoms with Crippen LogP contribution in [0.1, 0.15) is 43.9 Å². The van der Waals surface area contributed by atoms with Gasteiger partial charge < -0.3 is 9.64 Å². The number of aryl methyl sites for hydroxylation is 1. The minimum Gasteiger partial charge on any atom is -0.458 e. The van der Waals surface area contributed by atoms with Crippen LogP contribution in [-0.2, 0) is 12.0 Å². The molecule has 0 N–H and O–H groups in total. The van der Waals surface area contributed by atoms with E-state index in [1.54, 1.807) is 0 Å². The summed E-state index contributed by atoms with van der Waals surface area (Å²) < 4.78 is 7.03. The molecule has 168 valence electrons. The molecule has 4 heteroatoms. The maximum atomic E-state index is 7.03. The molecule has 3 nitrogen and oxygen atoms in total. The summed E-state index contributed by atoms with van der Waals surface area (Å²) in [5.74, 6) is 1.28. The van der Waals surface area contributed by atoms with Gasteiger partial charge in [0.15, 0.2) is 0 Å². The van der Waals surface area contributed by atoms with Gasteiger partial charge in [0.05, 0.1) is 5.54 Å². The quantitative estimate of drug-likeness (QED) is 0.428.